The van der Waals surface area contributed by atoms with Gasteiger partial charge in [0.25, 0.3) is 0 Å². The molecule has 1 aromatic heterocycles. The summed E-state index contributed by atoms with van der Waals surface area (Å²) in [5, 5.41) is 11.3. The normalized spacial score (nSPS) is 18.1. The Bertz CT molecular complexity index is 1280. The Morgan fingerprint density at radius 1 is 1.06 bits per heavy atom. The lowest BCUT2D eigenvalue weighted by molar-refractivity contribution is 0.399. The third-order valence-electron chi connectivity index (χ3n) is 6.09. The van der Waals surface area contributed by atoms with E-state index in [9.17, 15) is 13.5 Å². The van der Waals surface area contributed by atoms with Crippen LogP contribution in [0, 0.1) is 0 Å². The lowest BCUT2D eigenvalue weighted by Crippen LogP contribution is -2.12. The summed E-state index contributed by atoms with van der Waals surface area (Å²) in [7, 11) is -1.73. The molecule has 3 aromatic rings. The topological polar surface area (TPSA) is 88.5 Å². The van der Waals surface area contributed by atoms with E-state index >= 15 is 0 Å². The van der Waals surface area contributed by atoms with Crippen molar-refractivity contribution < 1.29 is 18.3 Å². The summed E-state index contributed by atoms with van der Waals surface area (Å²) in [5.74, 6) is 1.19. The van der Waals surface area contributed by atoms with E-state index in [1.165, 1.54) is 0 Å². The molecule has 2 N–H and O–H groups in total. The fourth-order valence-corrected chi connectivity index (χ4v) is 4.82. The summed E-state index contributed by atoms with van der Waals surface area (Å²) in [4.78, 5) is 4.31. The highest BCUT2D eigenvalue weighted by molar-refractivity contribution is 7.92. The summed E-state index contributed by atoms with van der Waals surface area (Å²) in [6.45, 7) is 6.47. The van der Waals surface area contributed by atoms with Crippen LogP contribution in [0.2, 0.25) is 0 Å². The Kier molecular flexibility index (Phi) is 5.86. The van der Waals surface area contributed by atoms with Crippen molar-refractivity contribution in [2.75, 3.05) is 18.1 Å². The van der Waals surface area contributed by atoms with Crippen molar-refractivity contribution in [1.82, 2.24) is 4.98 Å². The maximum atomic E-state index is 11.5. The Hall–Kier alpha value is -3.06. The number of benzene rings is 2. The molecule has 1 fully saturated rings. The number of aromatic hydroxyl groups is 1. The van der Waals surface area contributed by atoms with Gasteiger partial charge in [-0.15, -0.1) is 0 Å². The van der Waals surface area contributed by atoms with Crippen LogP contribution >= 0.6 is 0 Å². The van der Waals surface area contributed by atoms with E-state index in [4.69, 9.17) is 4.74 Å². The molecule has 2 aromatic carbocycles. The average molecular weight is 467 g/mol. The van der Waals surface area contributed by atoms with Crippen LogP contribution in [0.5, 0.6) is 11.6 Å². The van der Waals surface area contributed by atoms with Gasteiger partial charge in [0.15, 0.2) is 0 Å². The van der Waals surface area contributed by atoms with Crippen molar-refractivity contribution in [1.29, 1.82) is 0 Å². The van der Waals surface area contributed by atoms with Gasteiger partial charge in [-0.1, -0.05) is 39.0 Å². The second kappa shape index (κ2) is 8.37. The number of rotatable bonds is 6. The third kappa shape index (κ3) is 4.98. The van der Waals surface area contributed by atoms with Gasteiger partial charge in [0, 0.05) is 23.0 Å². The molecule has 174 valence electrons. The highest BCUT2D eigenvalue weighted by atomic mass is 32.2. The summed E-state index contributed by atoms with van der Waals surface area (Å²) >= 11 is 0. The van der Waals surface area contributed by atoms with Crippen LogP contribution in [0.4, 0.5) is 5.69 Å². The molecular weight excluding hydrogens is 436 g/mol. The van der Waals surface area contributed by atoms with E-state index in [0.717, 1.165) is 40.5 Å². The number of nitrogens with one attached hydrogen (secondary N) is 1. The number of aromatic nitrogens is 1. The molecule has 1 aliphatic rings. The monoisotopic (exact) mass is 466 g/mol. The highest BCUT2D eigenvalue weighted by Gasteiger charge is 2.42. The largest absolute Gasteiger partial charge is 0.507 e. The summed E-state index contributed by atoms with van der Waals surface area (Å²) in [6, 6.07) is 15.4. The predicted octanol–water partition coefficient (Wildman–Crippen LogP) is 5.40. The molecular formula is C26H30N2O4S. The first-order chi connectivity index (χ1) is 15.5. The molecule has 0 radical (unpaired) electrons. The van der Waals surface area contributed by atoms with Crippen molar-refractivity contribution in [2.45, 2.75) is 44.4 Å². The number of nitrogens with zero attached hydrogens (tertiary/aromatic N) is 1. The molecule has 1 saturated carbocycles. The first kappa shape index (κ1) is 23.1. The van der Waals surface area contributed by atoms with Crippen LogP contribution in [0.15, 0.2) is 54.7 Å². The second-order valence-electron chi connectivity index (χ2n) is 9.72. The first-order valence-electron chi connectivity index (χ1n) is 10.9. The van der Waals surface area contributed by atoms with E-state index in [1.54, 1.807) is 25.4 Å². The van der Waals surface area contributed by atoms with E-state index in [0.29, 0.717) is 11.6 Å². The lowest BCUT2D eigenvalue weighted by Gasteiger charge is -2.23. The minimum absolute atomic E-state index is 0.101. The molecule has 0 amide bonds. The van der Waals surface area contributed by atoms with Crippen LogP contribution < -0.4 is 9.46 Å². The standard InChI is InChI=1S/C26H30N2O4S/c1-26(2,3)17-13-22(19-7-6-12-27-25(19)32-4)24(29)23(14-17)21-15-20(21)16-8-10-18(11-9-16)28-33(5,30)31/h6-14,20-21,28-29H,15H2,1-5H3. The molecule has 2 unspecified atom stereocenters. The summed E-state index contributed by atoms with van der Waals surface area (Å²) < 4.78 is 30.9. The van der Waals surface area contributed by atoms with E-state index in [1.807, 2.05) is 30.3 Å². The molecule has 1 heterocycles. The Balaban J connectivity index is 1.71. The number of anilines is 1. The van der Waals surface area contributed by atoms with Crippen LogP contribution in [-0.2, 0) is 15.4 Å². The van der Waals surface area contributed by atoms with Gasteiger partial charge in [-0.3, -0.25) is 4.72 Å². The van der Waals surface area contributed by atoms with Gasteiger partial charge in [0.1, 0.15) is 5.75 Å². The molecule has 1 aliphatic carbocycles. The molecule has 4 rings (SSSR count). The van der Waals surface area contributed by atoms with Crippen molar-refractivity contribution in [2.24, 2.45) is 0 Å². The zero-order chi connectivity index (χ0) is 24.0. The van der Waals surface area contributed by atoms with Crippen molar-refractivity contribution in [3.8, 4) is 22.8 Å². The van der Waals surface area contributed by atoms with Gasteiger partial charge in [-0.2, -0.15) is 0 Å². The highest BCUT2D eigenvalue weighted by Crippen LogP contribution is 2.58. The van der Waals surface area contributed by atoms with E-state index in [-0.39, 0.29) is 23.0 Å². The summed E-state index contributed by atoms with van der Waals surface area (Å²) in [6.07, 6.45) is 3.73. The Labute approximate surface area is 195 Å². The van der Waals surface area contributed by atoms with Gasteiger partial charge in [-0.05, 0) is 70.7 Å². The molecule has 6 nitrogen and oxygen atoms in total. The smallest absolute Gasteiger partial charge is 0.229 e. The zero-order valence-electron chi connectivity index (χ0n) is 19.6. The third-order valence-corrected chi connectivity index (χ3v) is 6.70. The van der Waals surface area contributed by atoms with Crippen molar-refractivity contribution >= 4 is 15.7 Å². The number of methoxy groups -OCH3 is 1. The fraction of sp³-hybridized carbons (Fsp3) is 0.346. The van der Waals surface area contributed by atoms with Crippen LogP contribution in [0.1, 0.15) is 55.7 Å². The van der Waals surface area contributed by atoms with Crippen LogP contribution in [0.3, 0.4) is 0 Å². The van der Waals surface area contributed by atoms with Gasteiger partial charge < -0.3 is 9.84 Å². The predicted molar refractivity (Wildman–Crippen MR) is 132 cm³/mol. The quantitative estimate of drug-likeness (QED) is 0.508. The molecule has 2 atom stereocenters. The van der Waals surface area contributed by atoms with Gasteiger partial charge in [0.05, 0.1) is 13.4 Å². The van der Waals surface area contributed by atoms with Gasteiger partial charge >= 0.3 is 0 Å². The number of hydrogen-bond acceptors (Lipinski definition) is 5. The van der Waals surface area contributed by atoms with E-state index < -0.39 is 10.0 Å². The fourth-order valence-electron chi connectivity index (χ4n) is 4.26. The first-order valence-corrected chi connectivity index (χ1v) is 12.8. The van der Waals surface area contributed by atoms with Crippen LogP contribution in [0.25, 0.3) is 11.1 Å². The lowest BCUT2D eigenvalue weighted by atomic mass is 9.83. The van der Waals surface area contributed by atoms with Gasteiger partial charge in [0.2, 0.25) is 15.9 Å². The minimum atomic E-state index is -3.31. The molecule has 33 heavy (non-hydrogen) atoms. The number of pyridine rings is 1. The SMILES string of the molecule is COc1ncccc1-c1cc(C(C)(C)C)cc(C2CC2c2ccc(NS(C)(=O)=O)cc2)c1O. The van der Waals surface area contributed by atoms with Crippen LogP contribution in [-0.4, -0.2) is 31.9 Å². The maximum Gasteiger partial charge on any atom is 0.229 e. The number of hydrogen-bond donors (Lipinski definition) is 2. The summed E-state index contributed by atoms with van der Waals surface area (Å²) in [5.41, 5.74) is 5.11. The van der Waals surface area contributed by atoms with Gasteiger partial charge in [-0.25, -0.2) is 13.4 Å². The maximum absolute atomic E-state index is 11.5. The molecule has 0 spiro atoms. The average Bonchev–Trinajstić information content (AvgIpc) is 3.53. The van der Waals surface area contributed by atoms with Crippen molar-refractivity contribution in [3.63, 3.8) is 0 Å². The minimum Gasteiger partial charge on any atom is -0.507 e. The molecule has 7 heteroatoms. The molecule has 0 aliphatic heterocycles. The molecule has 0 bridgehead atoms. The number of sulfonamides is 1. The second-order valence-corrected chi connectivity index (χ2v) is 11.5. The Morgan fingerprint density at radius 3 is 2.36 bits per heavy atom. The Morgan fingerprint density at radius 2 is 1.76 bits per heavy atom. The number of ether oxygens (including phenoxy) is 1. The van der Waals surface area contributed by atoms with E-state index in [2.05, 4.69) is 36.5 Å². The number of phenols is 1. The number of phenolic OH excluding ortho intramolecular Hbond substituents is 1. The zero-order valence-corrected chi connectivity index (χ0v) is 20.4. The van der Waals surface area contributed by atoms with Crippen molar-refractivity contribution in [3.05, 3.63) is 71.4 Å². The molecule has 0 saturated heterocycles.